The van der Waals surface area contributed by atoms with Gasteiger partial charge < -0.3 is 14.8 Å². The standard InChI is InChI=1S/C25H19ClN2O5/c1-32-25(31)33-24-20(15-27-23(30)16-8-4-2-5-9-16)22(29)19-13-12-17(26)14-21(19)28(24)18-10-6-3-7-11-18/h2-14H,15H2,1H3,(H,27,30). The lowest BCUT2D eigenvalue weighted by Gasteiger charge is -2.20. The van der Waals surface area contributed by atoms with Gasteiger partial charge in [-0.1, -0.05) is 48.0 Å². The van der Waals surface area contributed by atoms with E-state index in [0.717, 1.165) is 0 Å². The van der Waals surface area contributed by atoms with Gasteiger partial charge in [-0.25, -0.2) is 4.79 Å². The average Bonchev–Trinajstić information content (AvgIpc) is 2.84. The predicted molar refractivity (Wildman–Crippen MR) is 125 cm³/mol. The van der Waals surface area contributed by atoms with Crippen LogP contribution in [0.4, 0.5) is 4.79 Å². The summed E-state index contributed by atoms with van der Waals surface area (Å²) in [5.41, 5.74) is 1.18. The van der Waals surface area contributed by atoms with Gasteiger partial charge in [-0.05, 0) is 42.5 Å². The summed E-state index contributed by atoms with van der Waals surface area (Å²) >= 11 is 6.22. The summed E-state index contributed by atoms with van der Waals surface area (Å²) < 4.78 is 11.7. The maximum atomic E-state index is 13.4. The van der Waals surface area contributed by atoms with Crippen molar-refractivity contribution >= 4 is 34.6 Å². The third kappa shape index (κ3) is 4.58. The smallest absolute Gasteiger partial charge is 0.437 e. The number of rotatable bonds is 5. The summed E-state index contributed by atoms with van der Waals surface area (Å²) in [6, 6.07) is 22.5. The van der Waals surface area contributed by atoms with Crippen molar-refractivity contribution in [3.8, 4) is 11.6 Å². The second-order valence-corrected chi connectivity index (χ2v) is 7.49. The molecule has 7 nitrogen and oxygen atoms in total. The molecule has 0 saturated heterocycles. The van der Waals surface area contributed by atoms with E-state index >= 15 is 0 Å². The first kappa shape index (κ1) is 22.1. The van der Waals surface area contributed by atoms with Crippen molar-refractivity contribution in [3.63, 3.8) is 0 Å². The Hall–Kier alpha value is -4.10. The van der Waals surface area contributed by atoms with Crippen LogP contribution in [0.3, 0.4) is 0 Å². The van der Waals surface area contributed by atoms with Crippen molar-refractivity contribution in [2.24, 2.45) is 0 Å². The fourth-order valence-electron chi connectivity index (χ4n) is 3.46. The molecule has 0 radical (unpaired) electrons. The van der Waals surface area contributed by atoms with Gasteiger partial charge in [0.15, 0.2) is 5.43 Å². The summed E-state index contributed by atoms with van der Waals surface area (Å²) in [5, 5.41) is 3.49. The number of hydrogen-bond acceptors (Lipinski definition) is 5. The maximum absolute atomic E-state index is 13.4. The molecule has 0 saturated carbocycles. The number of ether oxygens (including phenoxy) is 2. The molecule has 0 aliphatic rings. The zero-order chi connectivity index (χ0) is 23.4. The normalized spacial score (nSPS) is 10.6. The molecule has 0 aliphatic heterocycles. The zero-order valence-electron chi connectivity index (χ0n) is 17.6. The molecule has 1 N–H and O–H groups in total. The van der Waals surface area contributed by atoms with E-state index in [4.69, 9.17) is 16.3 Å². The van der Waals surface area contributed by atoms with E-state index in [2.05, 4.69) is 10.1 Å². The topological polar surface area (TPSA) is 86.6 Å². The number of nitrogens with zero attached hydrogens (tertiary/aromatic N) is 1. The Bertz CT molecular complexity index is 1390. The molecule has 0 spiro atoms. The lowest BCUT2D eigenvalue weighted by molar-refractivity contribution is 0.0950. The van der Waals surface area contributed by atoms with Crippen LogP contribution in [0.25, 0.3) is 16.6 Å². The molecule has 33 heavy (non-hydrogen) atoms. The van der Waals surface area contributed by atoms with E-state index < -0.39 is 11.6 Å². The van der Waals surface area contributed by atoms with Crippen molar-refractivity contribution < 1.29 is 19.1 Å². The van der Waals surface area contributed by atoms with Crippen molar-refractivity contribution in [2.75, 3.05) is 7.11 Å². The third-order valence-electron chi connectivity index (χ3n) is 5.00. The number of para-hydroxylation sites is 1. The lowest BCUT2D eigenvalue weighted by atomic mass is 10.1. The molecule has 1 heterocycles. The Labute approximate surface area is 194 Å². The van der Waals surface area contributed by atoms with E-state index in [9.17, 15) is 14.4 Å². The van der Waals surface area contributed by atoms with Gasteiger partial charge in [-0.3, -0.25) is 14.2 Å². The first-order valence-corrected chi connectivity index (χ1v) is 10.4. The highest BCUT2D eigenvalue weighted by molar-refractivity contribution is 6.31. The van der Waals surface area contributed by atoms with E-state index in [0.29, 0.717) is 27.2 Å². The Morgan fingerprint density at radius 3 is 2.30 bits per heavy atom. The van der Waals surface area contributed by atoms with Gasteiger partial charge in [0.25, 0.3) is 5.91 Å². The van der Waals surface area contributed by atoms with Crippen molar-refractivity contribution in [1.29, 1.82) is 0 Å². The molecule has 166 valence electrons. The van der Waals surface area contributed by atoms with Gasteiger partial charge in [-0.15, -0.1) is 0 Å². The van der Waals surface area contributed by atoms with E-state index in [1.54, 1.807) is 65.2 Å². The Kier molecular flexibility index (Phi) is 6.42. The quantitative estimate of drug-likeness (QED) is 0.434. The number of fused-ring (bicyclic) bond motifs is 1. The Morgan fingerprint density at radius 1 is 0.970 bits per heavy atom. The minimum absolute atomic E-state index is 0.0684. The van der Waals surface area contributed by atoms with Gasteiger partial charge in [0.2, 0.25) is 5.88 Å². The lowest BCUT2D eigenvalue weighted by Crippen LogP contribution is -2.29. The molecule has 3 aromatic carbocycles. The fourth-order valence-corrected chi connectivity index (χ4v) is 3.63. The number of methoxy groups -OCH3 is 1. The summed E-state index contributed by atoms with van der Waals surface area (Å²) in [6.45, 7) is -0.176. The van der Waals surface area contributed by atoms with Crippen LogP contribution in [-0.4, -0.2) is 23.7 Å². The fraction of sp³-hybridized carbons (Fsp3) is 0.0800. The second kappa shape index (κ2) is 9.58. The molecule has 1 amide bonds. The summed E-state index contributed by atoms with van der Waals surface area (Å²) in [4.78, 5) is 38.2. The maximum Gasteiger partial charge on any atom is 0.514 e. The van der Waals surface area contributed by atoms with E-state index in [1.807, 2.05) is 18.2 Å². The minimum Gasteiger partial charge on any atom is -0.437 e. The number of halogens is 1. The van der Waals surface area contributed by atoms with Crippen LogP contribution in [0.5, 0.6) is 5.88 Å². The molecule has 0 unspecified atom stereocenters. The van der Waals surface area contributed by atoms with Gasteiger partial charge in [0.05, 0.1) is 24.7 Å². The van der Waals surface area contributed by atoms with Gasteiger partial charge in [-0.2, -0.15) is 0 Å². The summed E-state index contributed by atoms with van der Waals surface area (Å²) in [7, 11) is 1.17. The average molecular weight is 463 g/mol. The molecule has 4 rings (SSSR count). The molecular formula is C25H19ClN2O5. The largest absolute Gasteiger partial charge is 0.514 e. The van der Waals surface area contributed by atoms with Crippen LogP contribution in [-0.2, 0) is 11.3 Å². The molecule has 8 heteroatoms. The number of amides is 1. The highest BCUT2D eigenvalue weighted by Gasteiger charge is 2.23. The van der Waals surface area contributed by atoms with Crippen molar-refractivity contribution in [1.82, 2.24) is 9.88 Å². The SMILES string of the molecule is COC(=O)Oc1c(CNC(=O)c2ccccc2)c(=O)c2ccc(Cl)cc2n1-c1ccccc1. The first-order valence-electron chi connectivity index (χ1n) is 10.0. The van der Waals surface area contributed by atoms with Gasteiger partial charge in [0, 0.05) is 21.7 Å². The van der Waals surface area contributed by atoms with Crippen molar-refractivity contribution in [2.45, 2.75) is 6.54 Å². The molecule has 0 fully saturated rings. The number of carbonyl (C=O) groups excluding carboxylic acids is 2. The van der Waals surface area contributed by atoms with Crippen LogP contribution in [0.15, 0.2) is 83.7 Å². The van der Waals surface area contributed by atoms with Crippen LogP contribution in [0.2, 0.25) is 5.02 Å². The minimum atomic E-state index is -1.00. The second-order valence-electron chi connectivity index (χ2n) is 7.05. The van der Waals surface area contributed by atoms with E-state index in [-0.39, 0.29) is 23.9 Å². The number of hydrogen-bond donors (Lipinski definition) is 1. The van der Waals surface area contributed by atoms with Crippen LogP contribution >= 0.6 is 11.6 Å². The Balaban J connectivity index is 1.92. The van der Waals surface area contributed by atoms with Crippen LogP contribution in [0, 0.1) is 0 Å². The number of pyridine rings is 1. The Morgan fingerprint density at radius 2 is 1.64 bits per heavy atom. The molecule has 0 aliphatic carbocycles. The van der Waals surface area contributed by atoms with Gasteiger partial charge >= 0.3 is 6.16 Å². The van der Waals surface area contributed by atoms with E-state index in [1.165, 1.54) is 7.11 Å². The molecule has 1 aromatic heterocycles. The highest BCUT2D eigenvalue weighted by atomic mass is 35.5. The molecular weight excluding hydrogens is 444 g/mol. The zero-order valence-corrected chi connectivity index (χ0v) is 18.3. The number of aromatic nitrogens is 1. The highest BCUT2D eigenvalue weighted by Crippen LogP contribution is 2.29. The third-order valence-corrected chi connectivity index (χ3v) is 5.24. The molecule has 0 bridgehead atoms. The molecule has 4 aromatic rings. The van der Waals surface area contributed by atoms with Gasteiger partial charge in [0.1, 0.15) is 0 Å². The first-order chi connectivity index (χ1) is 16.0. The number of nitrogens with one attached hydrogen (secondary N) is 1. The predicted octanol–water partition coefficient (Wildman–Crippen LogP) is 4.72. The molecule has 0 atom stereocenters. The number of carbonyl (C=O) groups is 2. The van der Waals surface area contributed by atoms with Crippen LogP contribution in [0.1, 0.15) is 15.9 Å². The number of benzene rings is 3. The summed E-state index contributed by atoms with van der Waals surface area (Å²) in [5.74, 6) is -0.442. The monoisotopic (exact) mass is 462 g/mol. The van der Waals surface area contributed by atoms with Crippen molar-refractivity contribution in [3.05, 3.63) is 105 Å². The summed E-state index contributed by atoms with van der Waals surface area (Å²) in [6.07, 6.45) is -1.00. The van der Waals surface area contributed by atoms with Crippen LogP contribution < -0.4 is 15.5 Å².